The highest BCUT2D eigenvalue weighted by molar-refractivity contribution is 5.97. The number of nitrogens with one attached hydrogen (secondary N) is 2. The Bertz CT molecular complexity index is 1760. The number of ether oxygens (including phenoxy) is 1. The van der Waals surface area contributed by atoms with Crippen LogP contribution in [0.2, 0.25) is 0 Å². The van der Waals surface area contributed by atoms with E-state index in [1.54, 1.807) is 31.5 Å². The number of aliphatic hydroxyl groups is 2. The van der Waals surface area contributed by atoms with E-state index in [9.17, 15) is 19.8 Å². The Hall–Kier alpha value is -4.10. The minimum absolute atomic E-state index is 0.0343. The van der Waals surface area contributed by atoms with Crippen LogP contribution in [0.1, 0.15) is 67.8 Å². The van der Waals surface area contributed by atoms with Gasteiger partial charge in [-0.25, -0.2) is 0 Å². The van der Waals surface area contributed by atoms with Gasteiger partial charge >= 0.3 is 0 Å². The number of nitrogens with zero attached hydrogens (tertiary/aromatic N) is 4. The highest BCUT2D eigenvalue weighted by atomic mass is 16.7. The molecule has 52 heavy (non-hydrogen) atoms. The second kappa shape index (κ2) is 15.1. The first-order chi connectivity index (χ1) is 24.7. The van der Waals surface area contributed by atoms with E-state index in [1.807, 2.05) is 62.3 Å². The van der Waals surface area contributed by atoms with Crippen molar-refractivity contribution in [3.05, 3.63) is 71.3 Å². The van der Waals surface area contributed by atoms with Gasteiger partial charge in [-0.2, -0.15) is 5.06 Å². The van der Waals surface area contributed by atoms with Gasteiger partial charge in [-0.1, -0.05) is 39.0 Å². The van der Waals surface area contributed by atoms with Crippen molar-refractivity contribution in [3.63, 3.8) is 0 Å². The van der Waals surface area contributed by atoms with Gasteiger partial charge in [0.2, 0.25) is 5.91 Å². The maximum Gasteiger partial charge on any atom is 0.251 e. The van der Waals surface area contributed by atoms with E-state index in [-0.39, 0.29) is 43.0 Å². The van der Waals surface area contributed by atoms with Crippen molar-refractivity contribution in [2.45, 2.75) is 84.8 Å². The molecular weight excluding hydrogens is 660 g/mol. The Morgan fingerprint density at radius 2 is 1.92 bits per heavy atom. The highest BCUT2D eigenvalue weighted by Crippen LogP contribution is 2.61. The largest absolute Gasteiger partial charge is 0.496 e. The van der Waals surface area contributed by atoms with Crippen molar-refractivity contribution >= 4 is 17.5 Å². The smallest absolute Gasteiger partial charge is 0.251 e. The zero-order valence-corrected chi connectivity index (χ0v) is 31.6. The van der Waals surface area contributed by atoms with Crippen molar-refractivity contribution in [1.82, 2.24) is 25.7 Å². The molecule has 4 aliphatic rings. The fourth-order valence-electron chi connectivity index (χ4n) is 8.77. The molecule has 7 rings (SSSR count). The van der Waals surface area contributed by atoms with Gasteiger partial charge < -0.3 is 30.5 Å². The molecule has 1 saturated heterocycles. The summed E-state index contributed by atoms with van der Waals surface area (Å²) in [6.45, 7) is 10.4. The molecule has 3 saturated carbocycles. The van der Waals surface area contributed by atoms with Crippen LogP contribution in [0.3, 0.4) is 0 Å². The van der Waals surface area contributed by atoms with Crippen molar-refractivity contribution in [3.8, 4) is 16.9 Å². The fraction of sp³-hybridized carbons (Fsp3) is 0.550. The van der Waals surface area contributed by atoms with Crippen molar-refractivity contribution in [2.75, 3.05) is 32.7 Å². The zero-order valence-electron chi connectivity index (χ0n) is 31.6. The van der Waals surface area contributed by atoms with Crippen molar-refractivity contribution in [1.29, 1.82) is 0 Å². The highest BCUT2D eigenvalue weighted by Gasteiger charge is 2.57. The van der Waals surface area contributed by atoms with Gasteiger partial charge in [0.05, 0.1) is 50.5 Å². The van der Waals surface area contributed by atoms with Crippen LogP contribution >= 0.6 is 0 Å². The van der Waals surface area contributed by atoms with Crippen LogP contribution in [0, 0.1) is 36.0 Å². The summed E-state index contributed by atoms with van der Waals surface area (Å²) in [5.41, 5.74) is 5.30. The predicted molar refractivity (Wildman–Crippen MR) is 198 cm³/mol. The maximum atomic E-state index is 14.2. The first-order valence-electron chi connectivity index (χ1n) is 18.3. The summed E-state index contributed by atoms with van der Waals surface area (Å²) in [5, 5.41) is 29.1. The number of aromatic nitrogens is 2. The first kappa shape index (κ1) is 37.7. The Morgan fingerprint density at radius 3 is 2.54 bits per heavy atom. The first-order valence-corrected chi connectivity index (χ1v) is 18.3. The lowest BCUT2D eigenvalue weighted by Gasteiger charge is -2.62. The van der Waals surface area contributed by atoms with Crippen LogP contribution in [-0.4, -0.2) is 89.2 Å². The number of para-hydroxylation sites is 1. The number of methoxy groups -OCH3 is 1. The minimum atomic E-state index is -0.904. The molecule has 4 fully saturated rings. The normalized spacial score (nSPS) is 27.0. The van der Waals surface area contributed by atoms with Crippen LogP contribution in [0.15, 0.2) is 48.8 Å². The predicted octanol–water partition coefficient (Wildman–Crippen LogP) is 4.12. The summed E-state index contributed by atoms with van der Waals surface area (Å²) >= 11 is 0. The summed E-state index contributed by atoms with van der Waals surface area (Å²) in [6.07, 6.45) is 3.78. The Balaban J connectivity index is 1.27. The van der Waals surface area contributed by atoms with Crippen LogP contribution < -0.4 is 20.3 Å². The van der Waals surface area contributed by atoms with Gasteiger partial charge in [0.15, 0.2) is 0 Å². The van der Waals surface area contributed by atoms with Crippen LogP contribution in [-0.2, 0) is 22.7 Å². The summed E-state index contributed by atoms with van der Waals surface area (Å²) in [7, 11) is 5.43. The molecule has 3 aliphatic carbocycles. The average Bonchev–Trinajstić information content (AvgIpc) is 3.50. The molecule has 2 amide bonds. The van der Waals surface area contributed by atoms with Crippen LogP contribution in [0.25, 0.3) is 11.1 Å². The molecule has 2 bridgehead atoms. The number of fused-ring (bicyclic) bond motifs is 2. The number of aliphatic hydroxyl groups excluding tert-OH is 2. The molecule has 3 aromatic rings. The number of carbonyl (C=O) groups is 2. The number of carbonyl (C=O) groups excluding carboxylic acids is 2. The average molecular weight is 715 g/mol. The molecule has 0 spiro atoms. The summed E-state index contributed by atoms with van der Waals surface area (Å²) < 4.78 is 6.04. The third-order valence-corrected chi connectivity index (χ3v) is 12.0. The number of hydroxylamine groups is 2. The quantitative estimate of drug-likeness (QED) is 0.216. The lowest BCUT2D eigenvalue weighted by Crippen LogP contribution is -2.62. The van der Waals surface area contributed by atoms with E-state index in [0.29, 0.717) is 34.8 Å². The third-order valence-electron chi connectivity index (χ3n) is 12.0. The minimum Gasteiger partial charge on any atom is -0.496 e. The lowest BCUT2D eigenvalue weighted by molar-refractivity contribution is -0.183. The number of anilines is 1. The molecule has 1 aromatic heterocycles. The zero-order chi connectivity index (χ0) is 37.5. The molecule has 0 unspecified atom stereocenters. The number of hydrogen-bond donors (Lipinski definition) is 4. The molecule has 12 nitrogen and oxygen atoms in total. The number of aryl methyl sites for hydroxylation is 1. The van der Waals surface area contributed by atoms with E-state index in [2.05, 4.69) is 41.4 Å². The topological polar surface area (TPSA) is 149 Å². The van der Waals surface area contributed by atoms with Crippen LogP contribution in [0.5, 0.6) is 5.75 Å². The van der Waals surface area contributed by atoms with Gasteiger partial charge in [-0.05, 0) is 73.6 Å². The van der Waals surface area contributed by atoms with Gasteiger partial charge in [0.25, 0.3) is 5.91 Å². The van der Waals surface area contributed by atoms with Crippen molar-refractivity contribution < 1.29 is 29.4 Å². The summed E-state index contributed by atoms with van der Waals surface area (Å²) in [5.74, 6) is 0.904. The molecular formula is C40H54N6O6. The van der Waals surface area contributed by atoms with E-state index in [1.165, 1.54) is 6.42 Å². The van der Waals surface area contributed by atoms with Gasteiger partial charge in [-0.15, -0.1) is 0 Å². The fourth-order valence-corrected chi connectivity index (χ4v) is 8.77. The molecule has 280 valence electrons. The molecule has 12 heteroatoms. The van der Waals surface area contributed by atoms with Gasteiger partial charge in [0.1, 0.15) is 17.9 Å². The molecule has 4 N–H and O–H groups in total. The Kier molecular flexibility index (Phi) is 10.9. The Morgan fingerprint density at radius 1 is 1.15 bits per heavy atom. The lowest BCUT2D eigenvalue weighted by atomic mass is 9.45. The molecule has 8 atom stereocenters. The van der Waals surface area contributed by atoms with Crippen molar-refractivity contribution in [2.24, 2.45) is 29.1 Å². The molecule has 0 radical (unpaired) electrons. The summed E-state index contributed by atoms with van der Waals surface area (Å²) in [4.78, 5) is 44.5. The second-order valence-corrected chi connectivity index (χ2v) is 15.7. The molecule has 1 aliphatic heterocycles. The van der Waals surface area contributed by atoms with E-state index in [4.69, 9.17) is 9.57 Å². The molecule has 2 heterocycles. The SMILES string of the molecule is COc1c(CN2O[C@@H](CO)[C@H]([C@H](C)O)[C@H]2C(=O)N[C@H]2C[C@@H]3C[C@@H]([C@@H]2C)C3(C)C)cccc1-c1cc(C(=O)NCc2cnc(C)cn2)cc(N(C)C)c1. The number of hydrogen-bond acceptors (Lipinski definition) is 10. The third kappa shape index (κ3) is 7.26. The maximum absolute atomic E-state index is 14.2. The van der Waals surface area contributed by atoms with E-state index >= 15 is 0 Å². The van der Waals surface area contributed by atoms with Crippen LogP contribution in [0.4, 0.5) is 5.69 Å². The number of benzene rings is 2. The monoisotopic (exact) mass is 714 g/mol. The second-order valence-electron chi connectivity index (χ2n) is 15.7. The van der Waals surface area contributed by atoms with Gasteiger partial charge in [0, 0.05) is 54.6 Å². The van der Waals surface area contributed by atoms with E-state index in [0.717, 1.165) is 34.5 Å². The Labute approximate surface area is 306 Å². The number of rotatable bonds is 12. The molecule has 2 aromatic carbocycles. The van der Waals surface area contributed by atoms with Gasteiger partial charge in [-0.3, -0.25) is 24.4 Å². The number of amides is 2. The van der Waals surface area contributed by atoms with E-state index < -0.39 is 24.2 Å². The summed E-state index contributed by atoms with van der Waals surface area (Å²) in [6, 6.07) is 10.6. The standard InChI is InChI=1S/C40H54N6O6/c1-22-17-42-29(18-41-22)19-43-38(49)27-12-26(13-30(14-27)45(6)7)31-11-9-10-25(37(31)51-8)20-46-36(35(24(3)48)34(21-47)52-46)39(50)44-33-16-28-15-32(23(33)2)40(28,4)5/h9-14,17-18,23-24,28,32-36,47-48H,15-16,19-21H2,1-8H3,(H,43,49)(H,44,50)/t23-,24-,28-,32-,33-,34-,35-,36-/m0/s1.